The Morgan fingerprint density at radius 1 is 1.17 bits per heavy atom. The van der Waals surface area contributed by atoms with Crippen LogP contribution in [0.2, 0.25) is 0 Å². The van der Waals surface area contributed by atoms with E-state index in [0.717, 1.165) is 19.5 Å². The first-order valence-electron chi connectivity index (χ1n) is 10.3. The highest BCUT2D eigenvalue weighted by Gasteiger charge is 2.45. The Morgan fingerprint density at radius 3 is 2.41 bits per heavy atom. The quantitative estimate of drug-likeness (QED) is 0.700. The average molecular weight is 414 g/mol. The fourth-order valence-corrected chi connectivity index (χ4v) is 3.96. The van der Waals surface area contributed by atoms with Crippen LogP contribution in [-0.2, 0) is 19.1 Å². The fraction of sp³-hybridized carbons (Fsp3) is 0.850. The van der Waals surface area contributed by atoms with Gasteiger partial charge in [0.05, 0.1) is 12.0 Å². The maximum atomic E-state index is 13.0. The number of nitrogens with zero attached hydrogens (tertiary/aromatic N) is 3. The number of likely N-dealkylation sites (tertiary alicyclic amines) is 2. The summed E-state index contributed by atoms with van der Waals surface area (Å²) in [5.41, 5.74) is -0.732. The van der Waals surface area contributed by atoms with Crippen LogP contribution in [0.15, 0.2) is 0 Å². The number of hydrogen-bond acceptors (Lipinski definition) is 6. The van der Waals surface area contributed by atoms with Crippen LogP contribution < -0.4 is 0 Å². The van der Waals surface area contributed by atoms with Gasteiger partial charge in [-0.3, -0.25) is 14.6 Å². The molecule has 0 aromatic heterocycles. The summed E-state index contributed by atoms with van der Waals surface area (Å²) in [6.07, 6.45) is 1.52. The SMILES string of the molecule is CO[C@H]1CCN(CCN(C)C(=O)[C@H]2CCCN(C(=O)OC(C)(C)C)[C@H]2C(=O)O)C1. The minimum Gasteiger partial charge on any atom is -0.480 e. The van der Waals surface area contributed by atoms with Gasteiger partial charge in [0.15, 0.2) is 0 Å². The molecule has 1 N–H and O–H groups in total. The van der Waals surface area contributed by atoms with Crippen LogP contribution >= 0.6 is 0 Å². The summed E-state index contributed by atoms with van der Waals surface area (Å²) >= 11 is 0. The van der Waals surface area contributed by atoms with E-state index >= 15 is 0 Å². The predicted molar refractivity (Wildman–Crippen MR) is 107 cm³/mol. The molecule has 2 amide bonds. The zero-order valence-corrected chi connectivity index (χ0v) is 18.2. The highest BCUT2D eigenvalue weighted by Crippen LogP contribution is 2.27. The maximum absolute atomic E-state index is 13.0. The van der Waals surface area contributed by atoms with E-state index < -0.39 is 29.6 Å². The number of carboxylic acids is 1. The first-order valence-corrected chi connectivity index (χ1v) is 10.3. The van der Waals surface area contributed by atoms with Crippen molar-refractivity contribution in [3.8, 4) is 0 Å². The molecule has 9 heteroatoms. The number of rotatable bonds is 6. The normalized spacial score (nSPS) is 25.7. The van der Waals surface area contributed by atoms with Crippen LogP contribution in [0.5, 0.6) is 0 Å². The van der Waals surface area contributed by atoms with Gasteiger partial charge >= 0.3 is 12.1 Å². The van der Waals surface area contributed by atoms with Gasteiger partial charge in [-0.25, -0.2) is 9.59 Å². The van der Waals surface area contributed by atoms with Crippen molar-refractivity contribution in [3.63, 3.8) is 0 Å². The summed E-state index contributed by atoms with van der Waals surface area (Å²) in [5.74, 6) is -2.19. The lowest BCUT2D eigenvalue weighted by Crippen LogP contribution is -2.57. The molecule has 0 radical (unpaired) electrons. The van der Waals surface area contributed by atoms with Crippen molar-refractivity contribution >= 4 is 18.0 Å². The fourth-order valence-electron chi connectivity index (χ4n) is 3.96. The highest BCUT2D eigenvalue weighted by atomic mass is 16.6. The zero-order valence-electron chi connectivity index (χ0n) is 18.2. The smallest absolute Gasteiger partial charge is 0.411 e. The van der Waals surface area contributed by atoms with Gasteiger partial charge in [0, 0.05) is 46.9 Å². The van der Waals surface area contributed by atoms with Crippen molar-refractivity contribution in [2.24, 2.45) is 5.92 Å². The number of hydrogen-bond donors (Lipinski definition) is 1. The van der Waals surface area contributed by atoms with Crippen molar-refractivity contribution in [1.82, 2.24) is 14.7 Å². The third-order valence-corrected chi connectivity index (χ3v) is 5.52. The van der Waals surface area contributed by atoms with Crippen LogP contribution in [-0.4, -0.2) is 102 Å². The first kappa shape index (κ1) is 23.4. The van der Waals surface area contributed by atoms with Gasteiger partial charge in [0.2, 0.25) is 5.91 Å². The molecule has 0 unspecified atom stereocenters. The number of carboxylic acid groups (broad SMARTS) is 1. The van der Waals surface area contributed by atoms with E-state index in [4.69, 9.17) is 9.47 Å². The standard InChI is InChI=1S/C20H35N3O6/c1-20(2,3)29-19(27)23-9-6-7-15(16(23)18(25)26)17(24)21(4)11-12-22-10-8-14(13-22)28-5/h14-16H,6-13H2,1-5H3,(H,25,26)/t14-,15-,16+/m0/s1. The summed E-state index contributed by atoms with van der Waals surface area (Å²) in [5, 5.41) is 9.77. The van der Waals surface area contributed by atoms with Crippen molar-refractivity contribution in [1.29, 1.82) is 0 Å². The van der Waals surface area contributed by atoms with Gasteiger partial charge in [-0.2, -0.15) is 0 Å². The average Bonchev–Trinajstić information content (AvgIpc) is 3.11. The molecule has 0 aromatic carbocycles. The first-order chi connectivity index (χ1) is 13.5. The molecule has 0 spiro atoms. The summed E-state index contributed by atoms with van der Waals surface area (Å²) in [6.45, 7) is 8.44. The summed E-state index contributed by atoms with van der Waals surface area (Å²) < 4.78 is 10.7. The summed E-state index contributed by atoms with van der Waals surface area (Å²) in [4.78, 5) is 42.5. The van der Waals surface area contributed by atoms with Crippen LogP contribution in [0.4, 0.5) is 4.79 Å². The molecule has 2 rings (SSSR count). The van der Waals surface area contributed by atoms with Gasteiger partial charge < -0.3 is 19.5 Å². The predicted octanol–water partition coefficient (Wildman–Crippen LogP) is 1.27. The van der Waals surface area contributed by atoms with E-state index in [9.17, 15) is 19.5 Å². The second kappa shape index (κ2) is 9.75. The van der Waals surface area contributed by atoms with E-state index in [2.05, 4.69) is 4.90 Å². The molecule has 2 saturated heterocycles. The molecule has 0 aromatic rings. The largest absolute Gasteiger partial charge is 0.480 e. The number of methoxy groups -OCH3 is 1. The molecule has 2 heterocycles. The number of carbonyl (C=O) groups is 3. The minimum absolute atomic E-state index is 0.230. The number of likely N-dealkylation sites (N-methyl/N-ethyl adjacent to an activating group) is 1. The topological polar surface area (TPSA) is 99.6 Å². The second-order valence-corrected chi connectivity index (χ2v) is 8.91. The van der Waals surface area contributed by atoms with Gasteiger partial charge in [0.25, 0.3) is 0 Å². The van der Waals surface area contributed by atoms with Gasteiger partial charge in [-0.1, -0.05) is 0 Å². The van der Waals surface area contributed by atoms with Crippen LogP contribution in [0.25, 0.3) is 0 Å². The van der Waals surface area contributed by atoms with Gasteiger partial charge in [0.1, 0.15) is 11.6 Å². The Kier molecular flexibility index (Phi) is 7.87. The van der Waals surface area contributed by atoms with E-state index in [1.807, 2.05) is 0 Å². The van der Waals surface area contributed by atoms with Crippen LogP contribution in [0, 0.1) is 5.92 Å². The Bertz CT molecular complexity index is 606. The molecule has 0 aliphatic carbocycles. The molecule has 29 heavy (non-hydrogen) atoms. The highest BCUT2D eigenvalue weighted by molar-refractivity contribution is 5.89. The number of piperidine rings is 1. The molecule has 2 aliphatic rings. The minimum atomic E-state index is -1.21. The van der Waals surface area contributed by atoms with Crippen LogP contribution in [0.3, 0.4) is 0 Å². The summed E-state index contributed by atoms with van der Waals surface area (Å²) in [6, 6.07) is -1.21. The zero-order chi connectivity index (χ0) is 21.8. The maximum Gasteiger partial charge on any atom is 0.411 e. The number of amides is 2. The lowest BCUT2D eigenvalue weighted by atomic mass is 9.88. The van der Waals surface area contributed by atoms with Crippen molar-refractivity contribution in [3.05, 3.63) is 0 Å². The van der Waals surface area contributed by atoms with Gasteiger partial charge in [-0.05, 0) is 40.0 Å². The monoisotopic (exact) mass is 413 g/mol. The Hall–Kier alpha value is -1.87. The molecule has 2 aliphatic heterocycles. The van der Waals surface area contributed by atoms with Crippen LogP contribution in [0.1, 0.15) is 40.0 Å². The summed E-state index contributed by atoms with van der Waals surface area (Å²) in [7, 11) is 3.40. The number of ether oxygens (including phenoxy) is 2. The lowest BCUT2D eigenvalue weighted by molar-refractivity contribution is -0.153. The lowest BCUT2D eigenvalue weighted by Gasteiger charge is -2.39. The third-order valence-electron chi connectivity index (χ3n) is 5.52. The number of carbonyl (C=O) groups excluding carboxylic acids is 2. The van der Waals surface area contributed by atoms with Crippen molar-refractivity contribution < 1.29 is 29.0 Å². The van der Waals surface area contributed by atoms with Gasteiger partial charge in [-0.15, -0.1) is 0 Å². The van der Waals surface area contributed by atoms with E-state index in [1.54, 1.807) is 39.8 Å². The Labute approximate surface area is 172 Å². The van der Waals surface area contributed by atoms with Crippen molar-refractivity contribution in [2.75, 3.05) is 46.9 Å². The third kappa shape index (κ3) is 6.30. The molecule has 9 nitrogen and oxygen atoms in total. The molecule has 3 atom stereocenters. The Morgan fingerprint density at radius 2 is 1.86 bits per heavy atom. The Balaban J connectivity index is 2.01. The molecule has 2 fully saturated rings. The molecule has 0 saturated carbocycles. The number of aliphatic carboxylic acids is 1. The van der Waals surface area contributed by atoms with E-state index in [-0.39, 0.29) is 18.6 Å². The second-order valence-electron chi connectivity index (χ2n) is 8.91. The molecule has 0 bridgehead atoms. The van der Waals surface area contributed by atoms with E-state index in [0.29, 0.717) is 25.9 Å². The molecule has 166 valence electrons. The molecular formula is C20H35N3O6. The van der Waals surface area contributed by atoms with E-state index in [1.165, 1.54) is 4.90 Å². The van der Waals surface area contributed by atoms with Crippen molar-refractivity contribution in [2.45, 2.75) is 57.8 Å². The molecular weight excluding hydrogens is 378 g/mol.